The molecule has 0 amide bonds. The first-order valence-electron chi connectivity index (χ1n) is 7.50. The number of Topliss-reactive ketones (excluding diaryl/α,β-unsaturated/α-hetero) is 1. The van der Waals surface area contributed by atoms with Crippen molar-refractivity contribution in [1.82, 2.24) is 0 Å². The summed E-state index contributed by atoms with van der Waals surface area (Å²) in [5.41, 5.74) is 5.97. The van der Waals surface area contributed by atoms with Crippen molar-refractivity contribution in [2.75, 3.05) is 0 Å². The molecular weight excluding hydrogens is 288 g/mol. The van der Waals surface area contributed by atoms with Gasteiger partial charge in [-0.25, -0.2) is 0 Å². The number of benzene rings is 2. The van der Waals surface area contributed by atoms with Crippen molar-refractivity contribution in [1.29, 1.82) is 0 Å². The molecule has 0 aliphatic heterocycles. The first kappa shape index (κ1) is 15.1. The maximum Gasteiger partial charge on any atom is 0.327 e. The van der Waals surface area contributed by atoms with E-state index in [0.717, 1.165) is 12.0 Å². The lowest BCUT2D eigenvalue weighted by atomic mass is 10.00. The lowest BCUT2D eigenvalue weighted by molar-refractivity contribution is -0.139. The van der Waals surface area contributed by atoms with Crippen LogP contribution in [0.3, 0.4) is 0 Å². The number of ketones is 1. The first-order valence-corrected chi connectivity index (χ1v) is 7.50. The zero-order chi connectivity index (χ0) is 16.2. The summed E-state index contributed by atoms with van der Waals surface area (Å²) < 4.78 is 4.59. The van der Waals surface area contributed by atoms with Gasteiger partial charge in [-0.05, 0) is 34.2 Å². The highest BCUT2D eigenvalue weighted by atomic mass is 16.5. The van der Waals surface area contributed by atoms with Crippen LogP contribution in [0.15, 0.2) is 42.5 Å². The van der Waals surface area contributed by atoms with E-state index in [9.17, 15) is 9.59 Å². The minimum absolute atomic E-state index is 0.164. The Bertz CT molecular complexity index is 837. The van der Waals surface area contributed by atoms with Crippen LogP contribution in [0.4, 0.5) is 0 Å². The summed E-state index contributed by atoms with van der Waals surface area (Å²) in [6, 6.07) is 14.4. The summed E-state index contributed by atoms with van der Waals surface area (Å²) in [6.07, 6.45) is 3.09. The number of carbonyl (C=O) groups is 2. The fraction of sp³-hybridized carbons (Fsp3) is 0.200. The molecule has 1 aliphatic carbocycles. The Morgan fingerprint density at radius 2 is 1.87 bits per heavy atom. The molecule has 0 radical (unpaired) electrons. The number of hydrogen-bond donors (Lipinski definition) is 0. The second kappa shape index (κ2) is 6.50. The smallest absolute Gasteiger partial charge is 0.327 e. The summed E-state index contributed by atoms with van der Waals surface area (Å²) in [4.78, 5) is 23.3. The van der Waals surface area contributed by atoms with Crippen LogP contribution in [0.1, 0.15) is 30.0 Å². The zero-order valence-corrected chi connectivity index (χ0v) is 12.9. The number of hydrogen-bond acceptors (Lipinski definition) is 3. The van der Waals surface area contributed by atoms with Gasteiger partial charge in [-0.3, -0.25) is 9.59 Å². The van der Waals surface area contributed by atoms with Gasteiger partial charge in [0.15, 0.2) is 0 Å². The summed E-state index contributed by atoms with van der Waals surface area (Å²) >= 11 is 0. The average Bonchev–Trinajstić information content (AvgIpc) is 2.90. The monoisotopic (exact) mass is 304 g/mol. The van der Waals surface area contributed by atoms with Crippen molar-refractivity contribution in [2.24, 2.45) is 0 Å². The maximum atomic E-state index is 12.0. The molecule has 3 heteroatoms. The molecule has 23 heavy (non-hydrogen) atoms. The van der Waals surface area contributed by atoms with Crippen LogP contribution >= 0.6 is 0 Å². The van der Waals surface area contributed by atoms with Crippen molar-refractivity contribution in [3.8, 4) is 23.2 Å². The van der Waals surface area contributed by atoms with E-state index in [0.29, 0.717) is 0 Å². The van der Waals surface area contributed by atoms with Crippen LogP contribution in [0.25, 0.3) is 11.1 Å². The third-order valence-electron chi connectivity index (χ3n) is 3.87. The van der Waals surface area contributed by atoms with Gasteiger partial charge >= 0.3 is 5.97 Å². The lowest BCUT2D eigenvalue weighted by Crippen LogP contribution is -2.11. The second-order valence-electron chi connectivity index (χ2n) is 5.54. The molecule has 3 nitrogen and oxygen atoms in total. The van der Waals surface area contributed by atoms with Crippen LogP contribution in [-0.2, 0) is 27.2 Å². The van der Waals surface area contributed by atoms with Gasteiger partial charge in [-0.2, -0.15) is 0 Å². The molecule has 2 aromatic rings. The van der Waals surface area contributed by atoms with Crippen LogP contribution in [0.2, 0.25) is 0 Å². The van der Waals surface area contributed by atoms with E-state index in [2.05, 4.69) is 41.0 Å². The topological polar surface area (TPSA) is 43.4 Å². The molecule has 1 aliphatic rings. The van der Waals surface area contributed by atoms with Gasteiger partial charge in [0.2, 0.25) is 0 Å². The Morgan fingerprint density at radius 1 is 1.09 bits per heavy atom. The molecule has 2 aromatic carbocycles. The van der Waals surface area contributed by atoms with Gasteiger partial charge < -0.3 is 4.74 Å². The van der Waals surface area contributed by atoms with Gasteiger partial charge in [-0.1, -0.05) is 48.4 Å². The zero-order valence-electron chi connectivity index (χ0n) is 12.9. The predicted molar refractivity (Wildman–Crippen MR) is 87.6 cm³/mol. The maximum absolute atomic E-state index is 12.0. The Hall–Kier alpha value is -2.86. The normalized spacial score (nSPS) is 11.0. The van der Waals surface area contributed by atoms with Crippen LogP contribution in [0, 0.1) is 12.0 Å². The Morgan fingerprint density at radius 3 is 2.70 bits per heavy atom. The van der Waals surface area contributed by atoms with Gasteiger partial charge in [0, 0.05) is 13.3 Å². The van der Waals surface area contributed by atoms with E-state index >= 15 is 0 Å². The van der Waals surface area contributed by atoms with Crippen LogP contribution < -0.4 is 0 Å². The molecule has 0 bridgehead atoms. The van der Waals surface area contributed by atoms with E-state index in [1.807, 2.05) is 18.2 Å². The van der Waals surface area contributed by atoms with Gasteiger partial charge in [0.25, 0.3) is 0 Å². The highest BCUT2D eigenvalue weighted by molar-refractivity contribution is 5.97. The summed E-state index contributed by atoms with van der Waals surface area (Å²) in [5, 5.41) is 0. The summed E-state index contributed by atoms with van der Waals surface area (Å²) in [7, 11) is 0. The quantitative estimate of drug-likeness (QED) is 0.422. The molecule has 0 unspecified atom stereocenters. The fourth-order valence-corrected chi connectivity index (χ4v) is 2.90. The van der Waals surface area contributed by atoms with Crippen molar-refractivity contribution in [3.05, 3.63) is 59.2 Å². The standard InChI is InChI=1S/C20H16O3/c1-2-9-23-20(22)13-17(21)11-14-7-8-19-16(10-14)12-15-5-3-4-6-18(15)19/h3-8,10H,11-13H2,1H3. The number of carbonyl (C=O) groups excluding carboxylic acids is 2. The van der Waals surface area contributed by atoms with Gasteiger partial charge in [-0.15, -0.1) is 0 Å². The molecule has 0 aromatic heterocycles. The number of rotatable bonds is 4. The molecular formula is C20H16O3. The number of esters is 1. The van der Waals surface area contributed by atoms with Crippen LogP contribution in [-0.4, -0.2) is 11.8 Å². The van der Waals surface area contributed by atoms with Crippen molar-refractivity contribution < 1.29 is 14.3 Å². The highest BCUT2D eigenvalue weighted by Crippen LogP contribution is 2.36. The Kier molecular flexibility index (Phi) is 4.25. The van der Waals surface area contributed by atoms with E-state index in [1.165, 1.54) is 22.3 Å². The van der Waals surface area contributed by atoms with Crippen molar-refractivity contribution in [3.63, 3.8) is 0 Å². The minimum atomic E-state index is -0.599. The molecule has 0 heterocycles. The molecule has 3 rings (SSSR count). The summed E-state index contributed by atoms with van der Waals surface area (Å²) in [6.45, 7) is 1.57. The average molecular weight is 304 g/mol. The third-order valence-corrected chi connectivity index (χ3v) is 3.87. The van der Waals surface area contributed by atoms with E-state index < -0.39 is 5.97 Å². The highest BCUT2D eigenvalue weighted by Gasteiger charge is 2.19. The van der Waals surface area contributed by atoms with E-state index in [4.69, 9.17) is 0 Å². The van der Waals surface area contributed by atoms with Crippen molar-refractivity contribution in [2.45, 2.75) is 26.2 Å². The third kappa shape index (κ3) is 3.32. The minimum Gasteiger partial charge on any atom is -0.372 e. The fourth-order valence-electron chi connectivity index (χ4n) is 2.90. The lowest BCUT2D eigenvalue weighted by Gasteiger charge is -2.05. The molecule has 0 N–H and O–H groups in total. The molecule has 0 fully saturated rings. The number of fused-ring (bicyclic) bond motifs is 3. The molecule has 0 atom stereocenters. The first-order chi connectivity index (χ1) is 11.2. The number of ether oxygens (including phenoxy) is 1. The Balaban J connectivity index is 1.69. The van der Waals surface area contributed by atoms with Crippen LogP contribution in [0.5, 0.6) is 0 Å². The summed E-state index contributed by atoms with van der Waals surface area (Å²) in [5.74, 6) is 1.69. The molecule has 0 saturated carbocycles. The van der Waals surface area contributed by atoms with Gasteiger partial charge in [0.05, 0.1) is 0 Å². The van der Waals surface area contributed by atoms with E-state index in [-0.39, 0.29) is 18.6 Å². The molecule has 114 valence electrons. The molecule has 0 saturated heterocycles. The Labute approximate surface area is 135 Å². The second-order valence-corrected chi connectivity index (χ2v) is 5.54. The van der Waals surface area contributed by atoms with Gasteiger partial charge in [0.1, 0.15) is 18.3 Å². The van der Waals surface area contributed by atoms with Crippen molar-refractivity contribution >= 4 is 11.8 Å². The molecule has 0 spiro atoms. The predicted octanol–water partition coefficient (Wildman–Crippen LogP) is 3.28. The largest absolute Gasteiger partial charge is 0.372 e. The van der Waals surface area contributed by atoms with E-state index in [1.54, 1.807) is 6.92 Å². The SMILES string of the molecule is CC#COC(=O)CC(=O)Cc1ccc2c(c1)Cc1ccccc1-2.